The highest BCUT2D eigenvalue weighted by Crippen LogP contribution is 2.25. The number of aromatic amines is 1. The highest BCUT2D eigenvalue weighted by atomic mass is 16.2. The first-order valence-electron chi connectivity index (χ1n) is 12.4. The van der Waals surface area contributed by atoms with E-state index in [4.69, 9.17) is 11.5 Å². The number of amides is 2. The lowest BCUT2D eigenvalue weighted by molar-refractivity contribution is -0.676. The molecule has 1 aliphatic heterocycles. The predicted octanol–water partition coefficient (Wildman–Crippen LogP) is 1.55. The Bertz CT molecular complexity index is 1430. The number of benzene rings is 1. The summed E-state index contributed by atoms with van der Waals surface area (Å²) < 4.78 is 4.29. The Morgan fingerprint density at radius 3 is 2.72 bits per heavy atom. The van der Waals surface area contributed by atoms with E-state index in [9.17, 15) is 9.59 Å². The predicted molar refractivity (Wildman–Crippen MR) is 137 cm³/mol. The van der Waals surface area contributed by atoms with Gasteiger partial charge in [-0.15, -0.1) is 0 Å². The van der Waals surface area contributed by atoms with Crippen molar-refractivity contribution in [3.05, 3.63) is 41.9 Å². The van der Waals surface area contributed by atoms with Gasteiger partial charge in [0.15, 0.2) is 28.3 Å². The van der Waals surface area contributed by atoms with Gasteiger partial charge in [-0.2, -0.15) is 0 Å². The van der Waals surface area contributed by atoms with E-state index in [0.29, 0.717) is 48.7 Å². The molecule has 3 aromatic heterocycles. The van der Waals surface area contributed by atoms with Gasteiger partial charge in [0.05, 0.1) is 13.1 Å². The summed E-state index contributed by atoms with van der Waals surface area (Å²) in [6, 6.07) is 7.78. The number of aromatic nitrogens is 5. The van der Waals surface area contributed by atoms with Crippen molar-refractivity contribution in [2.45, 2.75) is 52.4 Å². The fourth-order valence-electron chi connectivity index (χ4n) is 5.09. The minimum absolute atomic E-state index is 0.0228. The second-order valence-electron chi connectivity index (χ2n) is 9.12. The van der Waals surface area contributed by atoms with Crippen LogP contribution in [-0.4, -0.2) is 55.9 Å². The highest BCUT2D eigenvalue weighted by molar-refractivity contribution is 5.97. The van der Waals surface area contributed by atoms with Gasteiger partial charge in [-0.25, -0.2) is 19.1 Å². The number of piperidine rings is 1. The zero-order valence-corrected chi connectivity index (χ0v) is 20.6. The molecular weight excluding hydrogens is 458 g/mol. The van der Waals surface area contributed by atoms with Crippen LogP contribution < -0.4 is 20.9 Å². The number of nitrogens with two attached hydrogens (primary N) is 2. The molecule has 1 fully saturated rings. The second kappa shape index (κ2) is 9.57. The molecule has 0 radical (unpaired) electrons. The van der Waals surface area contributed by atoms with Crippen molar-refractivity contribution in [3.63, 3.8) is 0 Å². The summed E-state index contributed by atoms with van der Waals surface area (Å²) in [7, 11) is 0. The summed E-state index contributed by atoms with van der Waals surface area (Å²) in [6.45, 7) is 7.08. The van der Waals surface area contributed by atoms with Gasteiger partial charge >= 0.3 is 0 Å². The average molecular weight is 491 g/mol. The lowest BCUT2D eigenvalue weighted by atomic mass is 10.0. The number of fused-ring (bicyclic) bond motifs is 2. The Morgan fingerprint density at radius 1 is 1.25 bits per heavy atom. The molecule has 1 aromatic carbocycles. The van der Waals surface area contributed by atoms with Crippen LogP contribution in [0.2, 0.25) is 0 Å². The smallest absolute Gasteiger partial charge is 0.277 e. The van der Waals surface area contributed by atoms with E-state index in [2.05, 4.69) is 37.9 Å². The van der Waals surface area contributed by atoms with Crippen LogP contribution in [0, 0.1) is 0 Å². The number of rotatable bonds is 7. The van der Waals surface area contributed by atoms with E-state index in [-0.39, 0.29) is 24.3 Å². The molecule has 0 atom stereocenters. The number of nitrogens with zero attached hydrogens (tertiary/aromatic N) is 6. The molecule has 188 valence electrons. The molecular formula is C25H32N9O2+. The summed E-state index contributed by atoms with van der Waals surface area (Å²) in [5.41, 5.74) is 16.0. The van der Waals surface area contributed by atoms with Crippen molar-refractivity contribution in [3.8, 4) is 0 Å². The largest absolute Gasteiger partial charge is 0.381 e. The van der Waals surface area contributed by atoms with Gasteiger partial charge in [0.25, 0.3) is 11.7 Å². The third-order valence-corrected chi connectivity index (χ3v) is 6.99. The molecule has 11 nitrogen and oxygen atoms in total. The minimum atomic E-state index is 0.0228. The molecule has 0 aliphatic carbocycles. The van der Waals surface area contributed by atoms with Crippen LogP contribution in [0.25, 0.3) is 22.2 Å². The Hall–Kier alpha value is -3.99. The molecule has 0 unspecified atom stereocenters. The van der Waals surface area contributed by atoms with Crippen molar-refractivity contribution >= 4 is 46.2 Å². The monoisotopic (exact) mass is 490 g/mol. The van der Waals surface area contributed by atoms with Gasteiger partial charge < -0.3 is 21.4 Å². The number of imidazole rings is 1. The van der Waals surface area contributed by atoms with Crippen molar-refractivity contribution in [1.29, 1.82) is 0 Å². The molecule has 4 heterocycles. The molecule has 0 spiro atoms. The zero-order valence-electron chi connectivity index (χ0n) is 20.6. The van der Waals surface area contributed by atoms with Gasteiger partial charge in [0.2, 0.25) is 6.41 Å². The number of carbonyl (C=O) groups is 2. The van der Waals surface area contributed by atoms with Crippen LogP contribution in [0.1, 0.15) is 42.9 Å². The number of aryl methyl sites for hydroxylation is 2. The van der Waals surface area contributed by atoms with Gasteiger partial charge in [0, 0.05) is 37.0 Å². The van der Waals surface area contributed by atoms with E-state index < -0.39 is 0 Å². The molecule has 1 saturated heterocycles. The maximum Gasteiger partial charge on any atom is 0.277 e. The number of H-pyrrole nitrogens is 1. The SMILES string of the molecule is CCn1c(CN(C=O)c2nc3cc[nH]c3nc2N)[n+](CC)c2ccc(C(=O)N3CCC(N)CC3)cc21. The van der Waals surface area contributed by atoms with Crippen molar-refractivity contribution in [2.24, 2.45) is 5.73 Å². The summed E-state index contributed by atoms with van der Waals surface area (Å²) >= 11 is 0. The maximum absolute atomic E-state index is 13.2. The molecule has 1 aliphatic rings. The van der Waals surface area contributed by atoms with Crippen LogP contribution >= 0.6 is 0 Å². The Morgan fingerprint density at radius 2 is 2.03 bits per heavy atom. The highest BCUT2D eigenvalue weighted by Gasteiger charge is 2.29. The Kier molecular flexibility index (Phi) is 6.31. The topological polar surface area (TPSA) is 143 Å². The van der Waals surface area contributed by atoms with E-state index in [1.165, 1.54) is 4.90 Å². The van der Waals surface area contributed by atoms with Crippen LogP contribution in [0.3, 0.4) is 0 Å². The first-order valence-corrected chi connectivity index (χ1v) is 12.4. The van der Waals surface area contributed by atoms with E-state index in [0.717, 1.165) is 36.1 Å². The van der Waals surface area contributed by atoms with E-state index in [1.54, 1.807) is 12.3 Å². The summed E-state index contributed by atoms with van der Waals surface area (Å²) in [5, 5.41) is 0. The molecule has 0 saturated carbocycles. The van der Waals surface area contributed by atoms with E-state index in [1.807, 2.05) is 23.1 Å². The summed E-state index contributed by atoms with van der Waals surface area (Å²) in [6.07, 6.45) is 4.10. The molecule has 5 N–H and O–H groups in total. The van der Waals surface area contributed by atoms with Crippen LogP contribution in [0.4, 0.5) is 11.6 Å². The quantitative estimate of drug-likeness (QED) is 0.265. The number of carbonyl (C=O) groups excluding carboxylic acids is 2. The van der Waals surface area contributed by atoms with Gasteiger partial charge in [0.1, 0.15) is 12.1 Å². The number of nitrogens with one attached hydrogen (secondary N) is 1. The second-order valence-corrected chi connectivity index (χ2v) is 9.12. The summed E-state index contributed by atoms with van der Waals surface area (Å²) in [5.74, 6) is 1.42. The first kappa shape index (κ1) is 23.7. The van der Waals surface area contributed by atoms with E-state index >= 15 is 0 Å². The lowest BCUT2D eigenvalue weighted by Crippen LogP contribution is -2.42. The normalized spacial score (nSPS) is 14.6. The zero-order chi connectivity index (χ0) is 25.4. The molecule has 36 heavy (non-hydrogen) atoms. The number of hydrogen-bond acceptors (Lipinski definition) is 6. The molecule has 2 amide bonds. The fraction of sp³-hybridized carbons (Fsp3) is 0.400. The van der Waals surface area contributed by atoms with Crippen LogP contribution in [0.5, 0.6) is 0 Å². The molecule has 4 aromatic rings. The fourth-order valence-corrected chi connectivity index (χ4v) is 5.09. The standard InChI is InChI=1S/C25H32N9O2/c1-3-33-19-6-5-16(25(36)31-11-8-17(26)9-12-31)13-20(19)34(4-2)21(33)14-32(15-35)24-22(27)30-23-18(29-24)7-10-28-23/h5-7,10,13,15,17H,3-4,8-9,11-12,14,26H2,1-2H3,(H3,27,28,30)/q+1. The van der Waals surface area contributed by atoms with Gasteiger partial charge in [-0.05, 0) is 44.9 Å². The number of hydrogen-bond donors (Lipinski definition) is 3. The molecule has 11 heteroatoms. The van der Waals surface area contributed by atoms with Crippen molar-refractivity contribution < 1.29 is 14.2 Å². The Balaban J connectivity index is 1.53. The lowest BCUT2D eigenvalue weighted by Gasteiger charge is -2.30. The maximum atomic E-state index is 13.2. The number of nitrogen functional groups attached to an aromatic ring is 1. The third-order valence-electron chi connectivity index (χ3n) is 6.99. The Labute approximate surface area is 208 Å². The average Bonchev–Trinajstić information content (AvgIpc) is 3.47. The number of anilines is 2. The first-order chi connectivity index (χ1) is 17.4. The molecule has 0 bridgehead atoms. The molecule has 5 rings (SSSR count). The van der Waals surface area contributed by atoms with Crippen molar-refractivity contribution in [1.82, 2.24) is 24.4 Å². The van der Waals surface area contributed by atoms with Gasteiger partial charge in [-0.3, -0.25) is 14.5 Å². The minimum Gasteiger partial charge on any atom is -0.381 e. The summed E-state index contributed by atoms with van der Waals surface area (Å²) in [4.78, 5) is 40.7. The van der Waals surface area contributed by atoms with Crippen molar-refractivity contribution in [2.75, 3.05) is 23.7 Å². The van der Waals surface area contributed by atoms with Crippen LogP contribution in [0.15, 0.2) is 30.5 Å². The van der Waals surface area contributed by atoms with Crippen LogP contribution in [-0.2, 0) is 24.4 Å². The van der Waals surface area contributed by atoms with Gasteiger partial charge in [-0.1, -0.05) is 0 Å². The number of likely N-dealkylation sites (tertiary alicyclic amines) is 1. The third kappa shape index (κ3) is 4.05.